The molecule has 2 N–H and O–H groups in total. The molecule has 0 amide bonds. The molecule has 0 saturated carbocycles. The summed E-state index contributed by atoms with van der Waals surface area (Å²) in [6.07, 6.45) is 3.66. The van der Waals surface area contributed by atoms with Crippen LogP contribution >= 0.6 is 0 Å². The van der Waals surface area contributed by atoms with Gasteiger partial charge in [-0.05, 0) is 37.2 Å². The van der Waals surface area contributed by atoms with Crippen LogP contribution in [0.4, 0.5) is 0 Å². The number of hydrogen-bond donors (Lipinski definition) is 1. The Morgan fingerprint density at radius 2 is 2.00 bits per heavy atom. The van der Waals surface area contributed by atoms with E-state index in [1.807, 2.05) is 19.3 Å². The Bertz CT molecular complexity index is 507. The fourth-order valence-corrected chi connectivity index (χ4v) is 2.11. The first-order valence-corrected chi connectivity index (χ1v) is 6.62. The lowest BCUT2D eigenvalue weighted by Crippen LogP contribution is -2.22. The first-order valence-electron chi connectivity index (χ1n) is 6.62. The molecule has 4 nitrogen and oxygen atoms in total. The summed E-state index contributed by atoms with van der Waals surface area (Å²) in [5, 5.41) is 0. The Morgan fingerprint density at radius 3 is 2.58 bits per heavy atom. The molecule has 19 heavy (non-hydrogen) atoms. The Balaban J connectivity index is 2.04. The van der Waals surface area contributed by atoms with Crippen LogP contribution in [-0.2, 0) is 19.6 Å². The molecule has 0 aliphatic heterocycles. The highest BCUT2D eigenvalue weighted by Crippen LogP contribution is 2.17. The maximum absolute atomic E-state index is 5.60. The average Bonchev–Trinajstić information content (AvgIpc) is 2.80. The number of hydrogen-bond acceptors (Lipinski definition) is 4. The number of nitrogens with two attached hydrogens (primary N) is 1. The fraction of sp³-hybridized carbons (Fsp3) is 0.400. The molecule has 0 fully saturated rings. The third-order valence-corrected chi connectivity index (χ3v) is 3.27. The standard InChI is InChI=1S/C15H21N3O/c1-3-18(10-13-4-6-17-7-5-13)11-14-8-15(9-16)19-12(14)2/h4-8H,3,9-11,16H2,1-2H3. The van der Waals surface area contributed by atoms with Gasteiger partial charge in [-0.1, -0.05) is 6.92 Å². The van der Waals surface area contributed by atoms with Crippen molar-refractivity contribution in [1.29, 1.82) is 0 Å². The molecule has 0 spiro atoms. The molecule has 2 heterocycles. The SMILES string of the molecule is CCN(Cc1ccncc1)Cc1cc(CN)oc1C. The number of aromatic nitrogens is 1. The van der Waals surface area contributed by atoms with Gasteiger partial charge in [0.1, 0.15) is 11.5 Å². The van der Waals surface area contributed by atoms with Gasteiger partial charge in [-0.15, -0.1) is 0 Å². The smallest absolute Gasteiger partial charge is 0.118 e. The molecule has 0 saturated heterocycles. The lowest BCUT2D eigenvalue weighted by molar-refractivity contribution is 0.269. The van der Waals surface area contributed by atoms with E-state index in [9.17, 15) is 0 Å². The quantitative estimate of drug-likeness (QED) is 0.865. The van der Waals surface area contributed by atoms with Crippen LogP contribution < -0.4 is 5.73 Å². The van der Waals surface area contributed by atoms with Gasteiger partial charge >= 0.3 is 0 Å². The van der Waals surface area contributed by atoms with Crippen molar-refractivity contribution in [3.63, 3.8) is 0 Å². The molecule has 0 atom stereocenters. The van der Waals surface area contributed by atoms with Gasteiger partial charge in [-0.2, -0.15) is 0 Å². The molecule has 2 aromatic heterocycles. The summed E-state index contributed by atoms with van der Waals surface area (Å²) in [4.78, 5) is 6.41. The second-order valence-electron chi connectivity index (χ2n) is 4.66. The van der Waals surface area contributed by atoms with Crippen LogP contribution in [0, 0.1) is 6.92 Å². The zero-order valence-corrected chi connectivity index (χ0v) is 11.6. The van der Waals surface area contributed by atoms with Gasteiger partial charge in [-0.3, -0.25) is 9.88 Å². The molecule has 4 heteroatoms. The van der Waals surface area contributed by atoms with Gasteiger partial charge in [0.05, 0.1) is 6.54 Å². The second-order valence-corrected chi connectivity index (χ2v) is 4.66. The molecule has 0 aromatic carbocycles. The third kappa shape index (κ3) is 3.66. The molecular weight excluding hydrogens is 238 g/mol. The van der Waals surface area contributed by atoms with Crippen molar-refractivity contribution >= 4 is 0 Å². The summed E-state index contributed by atoms with van der Waals surface area (Å²) in [5.74, 6) is 1.82. The summed E-state index contributed by atoms with van der Waals surface area (Å²) in [5.41, 5.74) is 8.10. The van der Waals surface area contributed by atoms with E-state index < -0.39 is 0 Å². The van der Waals surface area contributed by atoms with Gasteiger partial charge in [0, 0.05) is 31.0 Å². The molecule has 0 bridgehead atoms. The number of nitrogens with zero attached hydrogens (tertiary/aromatic N) is 2. The first-order chi connectivity index (χ1) is 9.22. The van der Waals surface area contributed by atoms with E-state index >= 15 is 0 Å². The zero-order chi connectivity index (χ0) is 13.7. The lowest BCUT2D eigenvalue weighted by Gasteiger charge is -2.20. The summed E-state index contributed by atoms with van der Waals surface area (Å²) < 4.78 is 5.60. The lowest BCUT2D eigenvalue weighted by atomic mass is 10.2. The van der Waals surface area contributed by atoms with Gasteiger partial charge < -0.3 is 10.2 Å². The molecule has 0 unspecified atom stereocenters. The van der Waals surface area contributed by atoms with Gasteiger partial charge in [0.25, 0.3) is 0 Å². The average molecular weight is 259 g/mol. The van der Waals surface area contributed by atoms with Crippen LogP contribution in [0.3, 0.4) is 0 Å². The predicted molar refractivity (Wildman–Crippen MR) is 75.4 cm³/mol. The largest absolute Gasteiger partial charge is 0.465 e. The van der Waals surface area contributed by atoms with E-state index in [1.165, 1.54) is 11.1 Å². The minimum Gasteiger partial charge on any atom is -0.465 e. The number of rotatable bonds is 6. The monoisotopic (exact) mass is 259 g/mol. The van der Waals surface area contributed by atoms with Crippen LogP contribution in [0.5, 0.6) is 0 Å². The minimum atomic E-state index is 0.456. The van der Waals surface area contributed by atoms with E-state index in [-0.39, 0.29) is 0 Å². The van der Waals surface area contributed by atoms with Crippen molar-refractivity contribution in [3.05, 3.63) is 53.2 Å². The van der Waals surface area contributed by atoms with Gasteiger partial charge in [0.15, 0.2) is 0 Å². The molecular formula is C15H21N3O. The third-order valence-electron chi connectivity index (χ3n) is 3.27. The van der Waals surface area contributed by atoms with Crippen molar-refractivity contribution in [2.75, 3.05) is 6.54 Å². The Labute approximate surface area is 114 Å². The summed E-state index contributed by atoms with van der Waals surface area (Å²) in [6, 6.07) is 6.16. The van der Waals surface area contributed by atoms with Crippen LogP contribution in [0.1, 0.15) is 29.6 Å². The van der Waals surface area contributed by atoms with Crippen LogP contribution in [-0.4, -0.2) is 16.4 Å². The Morgan fingerprint density at radius 1 is 1.26 bits per heavy atom. The molecule has 2 aromatic rings. The summed E-state index contributed by atoms with van der Waals surface area (Å²) >= 11 is 0. The first kappa shape index (κ1) is 13.8. The maximum atomic E-state index is 5.60. The van der Waals surface area contributed by atoms with Crippen LogP contribution in [0.25, 0.3) is 0 Å². The molecule has 102 valence electrons. The van der Waals surface area contributed by atoms with Gasteiger partial charge in [-0.25, -0.2) is 0 Å². The van der Waals surface area contributed by atoms with E-state index in [1.54, 1.807) is 0 Å². The summed E-state index contributed by atoms with van der Waals surface area (Å²) in [7, 11) is 0. The van der Waals surface area contributed by atoms with Gasteiger partial charge in [0.2, 0.25) is 0 Å². The van der Waals surface area contributed by atoms with Crippen molar-refractivity contribution in [2.45, 2.75) is 33.5 Å². The topological polar surface area (TPSA) is 55.3 Å². The summed E-state index contributed by atoms with van der Waals surface area (Å²) in [6.45, 7) is 7.41. The van der Waals surface area contributed by atoms with Crippen LogP contribution in [0.2, 0.25) is 0 Å². The highest BCUT2D eigenvalue weighted by molar-refractivity contribution is 5.21. The Hall–Kier alpha value is -1.65. The minimum absolute atomic E-state index is 0.456. The Kier molecular flexibility index (Phi) is 4.71. The molecule has 2 rings (SSSR count). The maximum Gasteiger partial charge on any atom is 0.118 e. The zero-order valence-electron chi connectivity index (χ0n) is 11.6. The number of aryl methyl sites for hydroxylation is 1. The van der Waals surface area contributed by atoms with Crippen molar-refractivity contribution in [2.24, 2.45) is 5.73 Å². The van der Waals surface area contributed by atoms with Crippen molar-refractivity contribution < 1.29 is 4.42 Å². The van der Waals surface area contributed by atoms with Crippen LogP contribution in [0.15, 0.2) is 35.0 Å². The highest BCUT2D eigenvalue weighted by atomic mass is 16.3. The number of furan rings is 1. The van der Waals surface area contributed by atoms with E-state index in [4.69, 9.17) is 10.2 Å². The van der Waals surface area contributed by atoms with E-state index in [0.717, 1.165) is 31.2 Å². The van der Waals surface area contributed by atoms with E-state index in [2.05, 4.69) is 35.0 Å². The highest BCUT2D eigenvalue weighted by Gasteiger charge is 2.11. The predicted octanol–water partition coefficient (Wildman–Crippen LogP) is 2.46. The molecule has 0 aliphatic carbocycles. The van der Waals surface area contributed by atoms with Crippen molar-refractivity contribution in [1.82, 2.24) is 9.88 Å². The van der Waals surface area contributed by atoms with Crippen molar-refractivity contribution in [3.8, 4) is 0 Å². The van der Waals surface area contributed by atoms with E-state index in [0.29, 0.717) is 6.54 Å². The number of pyridine rings is 1. The molecule has 0 radical (unpaired) electrons. The second kappa shape index (κ2) is 6.50. The fourth-order valence-electron chi connectivity index (χ4n) is 2.11. The normalized spacial score (nSPS) is 11.2. The molecule has 0 aliphatic rings.